The Morgan fingerprint density at radius 3 is 0.605 bits per heavy atom. The van der Waals surface area contributed by atoms with Gasteiger partial charge in [-0.15, -0.1) is 0 Å². The minimum atomic E-state index is -4.62. The van der Waals surface area contributed by atoms with E-state index in [4.69, 9.17) is 0 Å². The van der Waals surface area contributed by atoms with Gasteiger partial charge in [-0.25, -0.2) is 16.8 Å². The van der Waals surface area contributed by atoms with Gasteiger partial charge in [0.05, 0.1) is 13.2 Å². The summed E-state index contributed by atoms with van der Waals surface area (Å²) in [4.78, 5) is 0. The van der Waals surface area contributed by atoms with Gasteiger partial charge in [-0.3, -0.25) is 8.37 Å². The summed E-state index contributed by atoms with van der Waals surface area (Å²) >= 11 is 0. The van der Waals surface area contributed by atoms with Gasteiger partial charge in [0.25, 0.3) is 0 Å². The second kappa shape index (κ2) is 71.2. The second-order valence-corrected chi connectivity index (χ2v) is 26.7. The third-order valence-electron chi connectivity index (χ3n) is 16.5. The van der Waals surface area contributed by atoms with Crippen LogP contribution in [0, 0.1) is 11.8 Å². The SMILES string of the molecule is CCCCCCCCCCCCCCCCCCCC/C=C/C(CCCCCCCCCCC)COS(=O)(=O)[O-].CCCCCCCCCCCCCCCCCCCC/C=C/C(CCCCCCCCCCC)COS(=O)(=O)[O-].[Ca+2]. The minimum absolute atomic E-state index is 0. The van der Waals surface area contributed by atoms with Gasteiger partial charge in [-0.05, 0) is 38.5 Å². The number of allylic oxidation sites excluding steroid dienone is 2. The van der Waals surface area contributed by atoms with Crippen molar-refractivity contribution in [1.82, 2.24) is 0 Å². The van der Waals surface area contributed by atoms with Crippen LogP contribution < -0.4 is 0 Å². The predicted octanol–water partition coefficient (Wildman–Crippen LogP) is 23.6. The number of hydrogen-bond acceptors (Lipinski definition) is 8. The Bertz CT molecular complexity index is 1350. The molecule has 0 radical (unpaired) electrons. The van der Waals surface area contributed by atoms with Gasteiger partial charge in [-0.2, -0.15) is 0 Å². The topological polar surface area (TPSA) is 133 Å². The molecular weight excluding hydrogens is 1070 g/mol. The Morgan fingerprint density at radius 2 is 0.432 bits per heavy atom. The van der Waals surface area contributed by atoms with Crippen molar-refractivity contribution < 1.29 is 34.3 Å². The number of rotatable bonds is 66. The molecule has 0 saturated carbocycles. The fraction of sp³-hybridized carbons (Fsp3) is 0.943. The largest absolute Gasteiger partial charge is 2.00 e. The molecule has 480 valence electrons. The summed E-state index contributed by atoms with van der Waals surface area (Å²) in [6.07, 6.45) is 85.0. The summed E-state index contributed by atoms with van der Waals surface area (Å²) in [5.41, 5.74) is 0. The van der Waals surface area contributed by atoms with Crippen LogP contribution in [-0.2, 0) is 29.2 Å². The first-order valence-corrected chi connectivity index (χ1v) is 38.2. The zero-order chi connectivity index (χ0) is 58.8. The van der Waals surface area contributed by atoms with Gasteiger partial charge in [0.1, 0.15) is 0 Å². The quantitative estimate of drug-likeness (QED) is 0.0193. The summed E-state index contributed by atoms with van der Waals surface area (Å²) in [6, 6.07) is 0. The van der Waals surface area contributed by atoms with E-state index in [0.717, 1.165) is 38.5 Å². The maximum atomic E-state index is 10.9. The van der Waals surface area contributed by atoms with Crippen LogP contribution in [0.5, 0.6) is 0 Å². The van der Waals surface area contributed by atoms with E-state index in [9.17, 15) is 25.9 Å². The van der Waals surface area contributed by atoms with Crippen LogP contribution in [0.4, 0.5) is 0 Å². The van der Waals surface area contributed by atoms with Gasteiger partial charge in [0.2, 0.25) is 20.8 Å². The molecule has 0 aromatic rings. The van der Waals surface area contributed by atoms with Gasteiger partial charge in [-0.1, -0.05) is 386 Å². The maximum Gasteiger partial charge on any atom is 2.00 e. The Labute approximate surface area is 538 Å². The van der Waals surface area contributed by atoms with Crippen molar-refractivity contribution in [3.8, 4) is 0 Å². The Balaban J connectivity index is -0.00000148. The predicted molar refractivity (Wildman–Crippen MR) is 353 cm³/mol. The molecule has 0 bridgehead atoms. The molecule has 0 aliphatic heterocycles. The van der Waals surface area contributed by atoms with Crippen LogP contribution >= 0.6 is 0 Å². The van der Waals surface area contributed by atoms with E-state index in [1.54, 1.807) is 0 Å². The molecule has 0 rings (SSSR count). The molecule has 11 heteroatoms. The molecule has 2 unspecified atom stereocenters. The average Bonchev–Trinajstić information content (AvgIpc) is 3.43. The molecule has 0 aromatic heterocycles. The van der Waals surface area contributed by atoms with Crippen molar-refractivity contribution in [2.24, 2.45) is 11.8 Å². The Hall–Kier alpha value is 0.480. The van der Waals surface area contributed by atoms with E-state index >= 15 is 0 Å². The zero-order valence-electron chi connectivity index (χ0n) is 54.7. The van der Waals surface area contributed by atoms with E-state index in [0.29, 0.717) is 0 Å². The monoisotopic (exact) mass is 1210 g/mol. The first kappa shape index (κ1) is 85.7. The van der Waals surface area contributed by atoms with Crippen molar-refractivity contribution in [1.29, 1.82) is 0 Å². The smallest absolute Gasteiger partial charge is 0.726 e. The molecule has 0 aliphatic rings. The summed E-state index contributed by atoms with van der Waals surface area (Å²) in [7, 11) is -9.24. The van der Waals surface area contributed by atoms with Gasteiger partial charge in [0.15, 0.2) is 0 Å². The van der Waals surface area contributed by atoms with E-state index < -0.39 is 20.8 Å². The average molecular weight is 1210 g/mol. The van der Waals surface area contributed by atoms with Crippen LogP contribution in [0.1, 0.15) is 400 Å². The Kier molecular flexibility index (Phi) is 75.4. The fourth-order valence-electron chi connectivity index (χ4n) is 11.2. The molecule has 2 atom stereocenters. The molecule has 0 aliphatic carbocycles. The zero-order valence-corrected chi connectivity index (χ0v) is 58.5. The second-order valence-electron chi connectivity index (χ2n) is 24.6. The Morgan fingerprint density at radius 1 is 0.272 bits per heavy atom. The molecule has 0 fully saturated rings. The van der Waals surface area contributed by atoms with Gasteiger partial charge >= 0.3 is 37.7 Å². The molecule has 0 spiro atoms. The summed E-state index contributed by atoms with van der Waals surface area (Å²) in [6.45, 7) is 9.03. The van der Waals surface area contributed by atoms with Crippen LogP contribution in [0.25, 0.3) is 0 Å². The summed E-state index contributed by atoms with van der Waals surface area (Å²) < 4.78 is 74.7. The van der Waals surface area contributed by atoms with Crippen LogP contribution in [0.15, 0.2) is 24.3 Å². The van der Waals surface area contributed by atoms with E-state index in [1.165, 1.54) is 334 Å². The third-order valence-corrected chi connectivity index (χ3v) is 17.3. The van der Waals surface area contributed by atoms with Crippen molar-refractivity contribution in [2.75, 3.05) is 13.2 Å². The first-order chi connectivity index (χ1) is 39.0. The van der Waals surface area contributed by atoms with E-state index in [2.05, 4.69) is 60.4 Å². The molecule has 0 heterocycles. The molecule has 8 nitrogen and oxygen atoms in total. The normalized spacial score (nSPS) is 12.8. The number of hydrogen-bond donors (Lipinski definition) is 0. The van der Waals surface area contributed by atoms with Crippen molar-refractivity contribution in [3.63, 3.8) is 0 Å². The summed E-state index contributed by atoms with van der Waals surface area (Å²) in [5.74, 6) is 0.0349. The molecule has 0 aromatic carbocycles. The molecular formula is C70H138CaO8S2. The molecule has 81 heavy (non-hydrogen) atoms. The van der Waals surface area contributed by atoms with Gasteiger partial charge in [0, 0.05) is 11.8 Å². The van der Waals surface area contributed by atoms with Crippen molar-refractivity contribution in [3.05, 3.63) is 24.3 Å². The third kappa shape index (κ3) is 80.5. The fourth-order valence-corrected chi connectivity index (χ4v) is 11.8. The molecule has 0 amide bonds. The standard InChI is InChI=1S/2C35H70O4S.Ca/c2*1-3-5-7-9-11-13-14-15-16-17-18-19-20-21-22-23-25-27-29-31-33-35(34-39-40(36,37)38)32-30-28-26-24-12-10-8-6-4-2;/h2*31,33,35H,3-30,32,34H2,1-2H3,(H,36,37,38);/q;;+2/p-2/b2*33-31+;. The summed E-state index contributed by atoms with van der Waals surface area (Å²) in [5, 5.41) is 0. The van der Waals surface area contributed by atoms with E-state index in [-0.39, 0.29) is 62.8 Å². The number of unbranched alkanes of at least 4 members (excludes halogenated alkanes) is 52. The van der Waals surface area contributed by atoms with E-state index in [1.807, 2.05) is 0 Å². The van der Waals surface area contributed by atoms with Crippen LogP contribution in [-0.4, -0.2) is 76.9 Å². The van der Waals surface area contributed by atoms with Crippen molar-refractivity contribution >= 4 is 58.5 Å². The molecule has 0 saturated heterocycles. The minimum Gasteiger partial charge on any atom is -0.726 e. The van der Waals surface area contributed by atoms with Crippen LogP contribution in [0.2, 0.25) is 0 Å². The first-order valence-electron chi connectivity index (χ1n) is 35.5. The van der Waals surface area contributed by atoms with Crippen LogP contribution in [0.3, 0.4) is 0 Å². The van der Waals surface area contributed by atoms with Crippen molar-refractivity contribution in [2.45, 2.75) is 400 Å². The van der Waals surface area contributed by atoms with Gasteiger partial charge < -0.3 is 9.11 Å². The maximum absolute atomic E-state index is 10.9. The molecule has 0 N–H and O–H groups in total.